The molecule has 41 heavy (non-hydrogen) atoms. The van der Waals surface area contributed by atoms with Crippen LogP contribution in [0.3, 0.4) is 0 Å². The number of rotatable bonds is 9. The van der Waals surface area contributed by atoms with Crippen LogP contribution < -0.4 is 10.7 Å². The number of halogens is 1. The highest BCUT2D eigenvalue weighted by Gasteiger charge is 2.38. The van der Waals surface area contributed by atoms with Gasteiger partial charge in [-0.05, 0) is 49.7 Å². The van der Waals surface area contributed by atoms with Crippen LogP contribution in [0.15, 0.2) is 33.8 Å². The molecular weight excluding hydrogens is 546 g/mol. The Morgan fingerprint density at radius 1 is 1.02 bits per heavy atom. The van der Waals surface area contributed by atoms with Crippen molar-refractivity contribution < 1.29 is 14.0 Å². The van der Waals surface area contributed by atoms with Gasteiger partial charge in [-0.3, -0.25) is 14.5 Å². The summed E-state index contributed by atoms with van der Waals surface area (Å²) in [5, 5.41) is 4.40. The van der Waals surface area contributed by atoms with E-state index in [0.717, 1.165) is 47.8 Å². The van der Waals surface area contributed by atoms with Crippen molar-refractivity contribution in [3.63, 3.8) is 0 Å². The van der Waals surface area contributed by atoms with Gasteiger partial charge in [0.2, 0.25) is 11.8 Å². The third kappa shape index (κ3) is 5.62. The van der Waals surface area contributed by atoms with Gasteiger partial charge in [-0.1, -0.05) is 36.5 Å². The number of nitrogens with zero attached hydrogens (tertiary/aromatic N) is 6. The summed E-state index contributed by atoms with van der Waals surface area (Å²) in [6, 6.07) is 4.04. The van der Waals surface area contributed by atoms with E-state index in [9.17, 15) is 4.79 Å². The molecule has 1 unspecified atom stereocenters. The van der Waals surface area contributed by atoms with Crippen LogP contribution in [0.4, 0.5) is 5.95 Å². The summed E-state index contributed by atoms with van der Waals surface area (Å²) in [6.07, 6.45) is 10.1. The Morgan fingerprint density at radius 3 is 2.39 bits per heavy atom. The molecule has 0 aromatic carbocycles. The highest BCUT2D eigenvalue weighted by Crippen LogP contribution is 2.39. The molecule has 2 aliphatic rings. The molecule has 6 rings (SSSR count). The lowest BCUT2D eigenvalue weighted by Gasteiger charge is -2.33. The third-order valence-electron chi connectivity index (χ3n) is 8.51. The molecule has 1 aliphatic heterocycles. The van der Waals surface area contributed by atoms with Gasteiger partial charge in [0.05, 0.1) is 47.0 Å². The number of fused-ring (bicyclic) bond motifs is 1. The van der Waals surface area contributed by atoms with Crippen molar-refractivity contribution in [2.75, 3.05) is 32.3 Å². The highest BCUT2D eigenvalue weighted by atomic mass is 35.5. The Hall–Kier alpha value is -3.28. The van der Waals surface area contributed by atoms with Gasteiger partial charge in [0.15, 0.2) is 0 Å². The summed E-state index contributed by atoms with van der Waals surface area (Å²) >= 11 is 6.41. The number of nitrogens with one attached hydrogen (secondary N) is 1. The molecule has 1 N–H and O–H groups in total. The highest BCUT2D eigenvalue weighted by molar-refractivity contribution is 6.30. The second kappa shape index (κ2) is 11.9. The van der Waals surface area contributed by atoms with Crippen molar-refractivity contribution >= 4 is 28.6 Å². The largest absolute Gasteiger partial charge is 0.439 e. The van der Waals surface area contributed by atoms with E-state index in [1.165, 1.54) is 25.7 Å². The summed E-state index contributed by atoms with van der Waals surface area (Å²) in [6.45, 7) is 4.35. The lowest BCUT2D eigenvalue weighted by atomic mass is 9.83. The minimum Gasteiger partial charge on any atom is -0.383 e. The van der Waals surface area contributed by atoms with Gasteiger partial charge in [0.1, 0.15) is 5.69 Å². The van der Waals surface area contributed by atoms with Gasteiger partial charge in [-0.25, -0.2) is 14.8 Å². The fourth-order valence-electron chi connectivity index (χ4n) is 6.49. The fraction of sp³-hybridized carbons (Fsp3) is 0.552. The number of anilines is 1. The monoisotopic (exact) mass is 581 g/mol. The minimum atomic E-state index is -0.646. The molecule has 4 aromatic rings. The molecule has 218 valence electrons. The molecule has 0 spiro atoms. The average molecular weight is 582 g/mol. The average Bonchev–Trinajstić information content (AvgIpc) is 3.67. The van der Waals surface area contributed by atoms with Crippen LogP contribution in [0.25, 0.3) is 33.8 Å². The van der Waals surface area contributed by atoms with Crippen molar-refractivity contribution in [2.24, 2.45) is 11.8 Å². The van der Waals surface area contributed by atoms with Gasteiger partial charge in [-0.15, -0.1) is 0 Å². The quantitative estimate of drug-likeness (QED) is 0.292. The van der Waals surface area contributed by atoms with Crippen molar-refractivity contribution in [2.45, 2.75) is 64.1 Å². The van der Waals surface area contributed by atoms with Crippen molar-refractivity contribution in [1.82, 2.24) is 29.7 Å². The van der Waals surface area contributed by atoms with Crippen LogP contribution in [0.5, 0.6) is 0 Å². The molecule has 4 aromatic heterocycles. The summed E-state index contributed by atoms with van der Waals surface area (Å²) in [4.78, 5) is 31.4. The van der Waals surface area contributed by atoms with Crippen molar-refractivity contribution in [3.05, 3.63) is 40.1 Å². The number of hydrogen-bond donors (Lipinski definition) is 1. The maximum absolute atomic E-state index is 11.8. The molecule has 5 heterocycles. The number of aromatic amines is 1. The number of imidazole rings is 1. The van der Waals surface area contributed by atoms with Crippen LogP contribution in [-0.2, 0) is 16.0 Å². The van der Waals surface area contributed by atoms with Gasteiger partial charge < -0.3 is 18.9 Å². The Labute approximate surface area is 243 Å². The topological polar surface area (TPSA) is 124 Å². The SMILES string of the molecule is COCC1CC[C@@H](COC)N1c1nc2cc(-c3noc(=O)[nH]3)nc(-c3cncc(Cl)c3)c2n1CC1CCC(C)CC1. The maximum atomic E-state index is 11.8. The van der Waals surface area contributed by atoms with E-state index in [-0.39, 0.29) is 17.9 Å². The van der Waals surface area contributed by atoms with Gasteiger partial charge >= 0.3 is 5.76 Å². The normalized spacial score (nSPS) is 23.1. The van der Waals surface area contributed by atoms with E-state index in [4.69, 9.17) is 35.6 Å². The van der Waals surface area contributed by atoms with Crippen molar-refractivity contribution in [3.8, 4) is 22.8 Å². The zero-order valence-electron chi connectivity index (χ0n) is 23.7. The molecule has 12 heteroatoms. The molecule has 0 radical (unpaired) electrons. The number of ether oxygens (including phenoxy) is 2. The van der Waals surface area contributed by atoms with Gasteiger partial charge in [0.25, 0.3) is 0 Å². The van der Waals surface area contributed by atoms with E-state index >= 15 is 0 Å². The first kappa shape index (κ1) is 27.9. The van der Waals surface area contributed by atoms with Crippen LogP contribution in [0.1, 0.15) is 45.4 Å². The second-order valence-electron chi connectivity index (χ2n) is 11.4. The number of pyridine rings is 2. The Kier molecular flexibility index (Phi) is 8.10. The fourth-order valence-corrected chi connectivity index (χ4v) is 6.66. The zero-order valence-corrected chi connectivity index (χ0v) is 24.4. The first-order chi connectivity index (χ1) is 19.9. The summed E-state index contributed by atoms with van der Waals surface area (Å²) in [5.74, 6) is 1.74. The predicted molar refractivity (Wildman–Crippen MR) is 156 cm³/mol. The van der Waals surface area contributed by atoms with E-state index in [2.05, 4.69) is 31.5 Å². The molecule has 1 aliphatic carbocycles. The maximum Gasteiger partial charge on any atom is 0.439 e. The molecule has 1 saturated carbocycles. The van der Waals surface area contributed by atoms with Gasteiger partial charge in [0, 0.05) is 38.7 Å². The van der Waals surface area contributed by atoms with E-state index < -0.39 is 5.76 Å². The van der Waals surface area contributed by atoms with E-state index in [1.54, 1.807) is 26.6 Å². The van der Waals surface area contributed by atoms with Crippen LogP contribution in [0.2, 0.25) is 5.02 Å². The number of methoxy groups -OCH3 is 2. The minimum absolute atomic E-state index is 0.165. The smallest absolute Gasteiger partial charge is 0.383 e. The van der Waals surface area contributed by atoms with Crippen LogP contribution in [0, 0.1) is 11.8 Å². The summed E-state index contributed by atoms with van der Waals surface area (Å²) in [7, 11) is 3.49. The number of H-pyrrole nitrogens is 1. The zero-order chi connectivity index (χ0) is 28.5. The Balaban J connectivity index is 1.59. The van der Waals surface area contributed by atoms with Crippen LogP contribution >= 0.6 is 11.6 Å². The Bertz CT molecular complexity index is 1540. The molecular formula is C29H36ClN7O4. The lowest BCUT2D eigenvalue weighted by Crippen LogP contribution is -2.42. The third-order valence-corrected chi connectivity index (χ3v) is 8.72. The van der Waals surface area contributed by atoms with Crippen molar-refractivity contribution in [1.29, 1.82) is 0 Å². The summed E-state index contributed by atoms with van der Waals surface area (Å²) < 4.78 is 18.5. The number of hydrogen-bond acceptors (Lipinski definition) is 9. The standard InChI is InChI=1S/C29H36ClN7O4/c1-17-4-6-18(7-5-17)14-36-26-23(33-28(36)37-21(15-39-2)8-9-22(37)16-40-3)11-24(27-34-29(38)41-35-27)32-25(26)19-10-20(30)13-31-12-19/h10-13,17-18,21-22H,4-9,14-16H2,1-3H3,(H,34,35,38)/t17?,18?,21-,22?/m0/s1. The summed E-state index contributed by atoms with van der Waals surface area (Å²) in [5.41, 5.74) is 3.52. The van der Waals surface area contributed by atoms with E-state index in [1.807, 2.05) is 12.1 Å². The molecule has 11 nitrogen and oxygen atoms in total. The van der Waals surface area contributed by atoms with Gasteiger partial charge in [-0.2, -0.15) is 0 Å². The molecule has 0 amide bonds. The first-order valence-electron chi connectivity index (χ1n) is 14.3. The first-order valence-corrected chi connectivity index (χ1v) is 14.7. The lowest BCUT2D eigenvalue weighted by molar-refractivity contribution is 0.166. The van der Waals surface area contributed by atoms with Crippen LogP contribution in [-0.4, -0.2) is 69.2 Å². The number of aromatic nitrogens is 6. The molecule has 0 bridgehead atoms. The second-order valence-corrected chi connectivity index (χ2v) is 11.8. The molecule has 1 saturated heterocycles. The molecule has 2 fully saturated rings. The van der Waals surface area contributed by atoms with E-state index in [0.29, 0.717) is 35.5 Å². The molecule has 2 atom stereocenters. The Morgan fingerprint density at radius 2 is 1.76 bits per heavy atom. The predicted octanol–water partition coefficient (Wildman–Crippen LogP) is 4.95.